The van der Waals surface area contributed by atoms with Gasteiger partial charge in [0.1, 0.15) is 11.6 Å². The van der Waals surface area contributed by atoms with Crippen LogP contribution in [0.3, 0.4) is 0 Å². The summed E-state index contributed by atoms with van der Waals surface area (Å²) < 4.78 is 31.5. The van der Waals surface area contributed by atoms with Crippen molar-refractivity contribution in [2.75, 3.05) is 44.2 Å². The number of carbonyl (C=O) groups excluding carboxylic acids is 5. The summed E-state index contributed by atoms with van der Waals surface area (Å²) in [7, 11) is 0. The zero-order valence-electron chi connectivity index (χ0n) is 35.0. The number of hydrogen-bond acceptors (Lipinski definition) is 8. The van der Waals surface area contributed by atoms with Gasteiger partial charge in [-0.1, -0.05) is 71.4 Å². The number of thioether (sulfide) groups is 1. The second-order valence-electron chi connectivity index (χ2n) is 16.9. The largest absolute Gasteiger partial charge is 0.354 e. The van der Waals surface area contributed by atoms with Gasteiger partial charge >= 0.3 is 0 Å². The molecule has 59 heavy (non-hydrogen) atoms. The lowest BCUT2D eigenvalue weighted by atomic mass is 9.83. The lowest BCUT2D eigenvalue weighted by molar-refractivity contribution is -0.141. The summed E-state index contributed by atoms with van der Waals surface area (Å²) in [6, 6.07) is 13.6. The van der Waals surface area contributed by atoms with E-state index in [4.69, 9.17) is 11.5 Å². The number of halogens is 2. The summed E-state index contributed by atoms with van der Waals surface area (Å²) in [5.41, 5.74) is 13.4. The molecule has 2 heterocycles. The molecule has 0 radical (unpaired) electrons. The van der Waals surface area contributed by atoms with Gasteiger partial charge in [-0.25, -0.2) is 8.78 Å². The van der Waals surface area contributed by atoms with E-state index in [1.54, 1.807) is 24.9 Å². The number of hydrogen-bond donors (Lipinski definition) is 4. The zero-order chi connectivity index (χ0) is 43.3. The Labute approximate surface area is 351 Å². The zero-order valence-corrected chi connectivity index (χ0v) is 35.8. The van der Waals surface area contributed by atoms with E-state index in [1.165, 1.54) is 22.7 Å². The van der Waals surface area contributed by atoms with Crippen LogP contribution < -0.4 is 22.1 Å². The Morgan fingerprint density at radius 1 is 0.966 bits per heavy atom. The van der Waals surface area contributed by atoms with E-state index < -0.39 is 40.5 Å². The van der Waals surface area contributed by atoms with E-state index in [0.29, 0.717) is 57.4 Å². The molecule has 1 aromatic heterocycles. The maximum absolute atomic E-state index is 15.1. The fourth-order valence-electron chi connectivity index (χ4n) is 7.30. The fraction of sp³-hybridized carbons (Fsp3) is 0.523. The Morgan fingerprint density at radius 2 is 1.68 bits per heavy atom. The Kier molecular flexibility index (Phi) is 17.2. The van der Waals surface area contributed by atoms with Crippen LogP contribution in [0.1, 0.15) is 90.4 Å². The topological polar surface area (TPSA) is 173 Å². The van der Waals surface area contributed by atoms with Crippen molar-refractivity contribution >= 4 is 41.3 Å². The number of aromatic nitrogens is 1. The van der Waals surface area contributed by atoms with Crippen molar-refractivity contribution in [2.45, 2.75) is 91.8 Å². The highest BCUT2D eigenvalue weighted by atomic mass is 32.2. The minimum absolute atomic E-state index is 0.0433. The standard InChI is InChI=1S/C44H61F2N7O5S/c1-43(2,3)40(36-23-31(33-24-32(45)16-17-34(33)46)27-51(36)26-30-13-8-6-9-14-30)52(22-12-18-47)39(56)29-59-28-35(48)41(57)50-20-19-49-37(54)15-10-7-11-21-53-38(55)25-44(4,5)42(53)58/h6,8-9,13-14,16-17,23-24,27,35,40H,7,10-12,15,18-22,25-26,28-29,47-48H2,1-5H3,(H,49,54)(H,50,57). The van der Waals surface area contributed by atoms with Crippen molar-refractivity contribution < 1.29 is 32.8 Å². The van der Waals surface area contributed by atoms with Gasteiger partial charge in [0.15, 0.2) is 0 Å². The molecule has 322 valence electrons. The summed E-state index contributed by atoms with van der Waals surface area (Å²) in [4.78, 5) is 66.8. The van der Waals surface area contributed by atoms with Crippen LogP contribution in [0, 0.1) is 22.5 Å². The number of unbranched alkanes of at least 4 members (excludes halogenated alkanes) is 2. The number of nitrogens with zero attached hydrogens (tertiary/aromatic N) is 3. The van der Waals surface area contributed by atoms with Crippen molar-refractivity contribution in [2.24, 2.45) is 22.3 Å². The van der Waals surface area contributed by atoms with Crippen LogP contribution in [-0.2, 0) is 30.5 Å². The molecule has 4 rings (SSSR count). The number of nitrogens with one attached hydrogen (secondary N) is 2. The molecule has 0 saturated carbocycles. The van der Waals surface area contributed by atoms with Crippen LogP contribution in [0.2, 0.25) is 0 Å². The molecule has 2 aromatic carbocycles. The number of nitrogens with two attached hydrogens (primary N) is 2. The van der Waals surface area contributed by atoms with Crippen molar-refractivity contribution in [3.05, 3.63) is 83.7 Å². The first-order chi connectivity index (χ1) is 27.9. The number of rotatable bonds is 22. The molecule has 3 aromatic rings. The van der Waals surface area contributed by atoms with E-state index in [1.807, 2.05) is 61.7 Å². The third kappa shape index (κ3) is 13.5. The molecular formula is C44H61F2N7O5S. The first kappa shape index (κ1) is 47.1. The highest BCUT2D eigenvalue weighted by molar-refractivity contribution is 8.00. The molecule has 1 fully saturated rings. The number of amides is 5. The average Bonchev–Trinajstić information content (AvgIpc) is 3.66. The van der Waals surface area contributed by atoms with Crippen LogP contribution in [0.4, 0.5) is 8.78 Å². The molecule has 1 saturated heterocycles. The number of carbonyl (C=O) groups is 5. The lowest BCUT2D eigenvalue weighted by Crippen LogP contribution is -2.46. The van der Waals surface area contributed by atoms with Gasteiger partial charge in [0.2, 0.25) is 29.5 Å². The predicted octanol–water partition coefficient (Wildman–Crippen LogP) is 5.38. The minimum atomic E-state index is -0.897. The smallest absolute Gasteiger partial charge is 0.237 e. The second-order valence-corrected chi connectivity index (χ2v) is 17.9. The molecule has 6 N–H and O–H groups in total. The second kappa shape index (κ2) is 21.6. The van der Waals surface area contributed by atoms with Crippen molar-refractivity contribution in [1.29, 1.82) is 0 Å². The van der Waals surface area contributed by atoms with Crippen LogP contribution in [0.15, 0.2) is 60.8 Å². The number of imide groups is 1. The molecule has 12 nitrogen and oxygen atoms in total. The third-order valence-electron chi connectivity index (χ3n) is 10.3. The van der Waals surface area contributed by atoms with Gasteiger partial charge in [0.05, 0.1) is 23.3 Å². The van der Waals surface area contributed by atoms with Crippen molar-refractivity contribution in [3.63, 3.8) is 0 Å². The Balaban J connectivity index is 1.31. The van der Waals surface area contributed by atoms with Crippen LogP contribution >= 0.6 is 11.8 Å². The van der Waals surface area contributed by atoms with Crippen molar-refractivity contribution in [3.8, 4) is 11.1 Å². The van der Waals surface area contributed by atoms with E-state index >= 15 is 4.39 Å². The van der Waals surface area contributed by atoms with E-state index in [2.05, 4.69) is 10.6 Å². The average molecular weight is 838 g/mol. The van der Waals surface area contributed by atoms with Crippen LogP contribution in [-0.4, -0.2) is 94.2 Å². The third-order valence-corrected chi connectivity index (χ3v) is 11.4. The van der Waals surface area contributed by atoms with Gasteiger partial charge in [0, 0.05) is 74.3 Å². The van der Waals surface area contributed by atoms with Crippen LogP contribution in [0.25, 0.3) is 11.1 Å². The molecule has 0 aliphatic carbocycles. The monoisotopic (exact) mass is 837 g/mol. The molecule has 0 spiro atoms. The maximum Gasteiger partial charge on any atom is 0.237 e. The highest BCUT2D eigenvalue weighted by Crippen LogP contribution is 2.41. The first-order valence-corrected chi connectivity index (χ1v) is 21.5. The molecule has 1 aliphatic rings. The van der Waals surface area contributed by atoms with Gasteiger partial charge in [0.25, 0.3) is 0 Å². The molecule has 1 aliphatic heterocycles. The van der Waals surface area contributed by atoms with E-state index in [9.17, 15) is 28.4 Å². The van der Waals surface area contributed by atoms with Gasteiger partial charge in [-0.15, -0.1) is 11.8 Å². The summed E-state index contributed by atoms with van der Waals surface area (Å²) in [5.74, 6) is -1.93. The molecule has 5 amide bonds. The Hall–Kier alpha value is -4.60. The summed E-state index contributed by atoms with van der Waals surface area (Å²) in [6.07, 6.45) is 4.78. The minimum Gasteiger partial charge on any atom is -0.354 e. The fourth-order valence-corrected chi connectivity index (χ4v) is 8.16. The highest BCUT2D eigenvalue weighted by Gasteiger charge is 2.44. The quantitative estimate of drug-likeness (QED) is 0.0772. The van der Waals surface area contributed by atoms with E-state index in [-0.39, 0.29) is 66.6 Å². The first-order valence-electron chi connectivity index (χ1n) is 20.3. The number of likely N-dealkylation sites (tertiary alicyclic amines) is 1. The Morgan fingerprint density at radius 3 is 2.34 bits per heavy atom. The van der Waals surface area contributed by atoms with Gasteiger partial charge in [-0.05, 0) is 61.1 Å². The number of benzene rings is 2. The van der Waals surface area contributed by atoms with Crippen molar-refractivity contribution in [1.82, 2.24) is 25.0 Å². The summed E-state index contributed by atoms with van der Waals surface area (Å²) in [6.45, 7) is 11.5. The molecule has 0 bridgehead atoms. The Bertz CT molecular complexity index is 1920. The lowest BCUT2D eigenvalue weighted by Gasteiger charge is -2.41. The predicted molar refractivity (Wildman–Crippen MR) is 228 cm³/mol. The van der Waals surface area contributed by atoms with Gasteiger partial charge < -0.3 is 31.6 Å². The van der Waals surface area contributed by atoms with E-state index in [0.717, 1.165) is 23.4 Å². The van der Waals surface area contributed by atoms with Gasteiger partial charge in [-0.2, -0.15) is 0 Å². The maximum atomic E-state index is 15.1. The van der Waals surface area contributed by atoms with Gasteiger partial charge in [-0.3, -0.25) is 28.9 Å². The summed E-state index contributed by atoms with van der Waals surface area (Å²) in [5, 5.41) is 5.51. The molecular weight excluding hydrogens is 777 g/mol. The van der Waals surface area contributed by atoms with Crippen LogP contribution in [0.5, 0.6) is 0 Å². The molecule has 2 atom stereocenters. The molecule has 15 heteroatoms. The molecule has 2 unspecified atom stereocenters. The summed E-state index contributed by atoms with van der Waals surface area (Å²) >= 11 is 1.24. The normalized spacial score (nSPS) is 15.0. The SMILES string of the molecule is CC1(C)CC(=O)N(CCCCCC(=O)NCCNC(=O)C(N)CSCC(=O)N(CCCN)C(c2cc(-c3cc(F)ccc3F)cn2Cc2ccccc2)C(C)(C)C)C1=O.